The zero-order valence-corrected chi connectivity index (χ0v) is 11.9. The molecule has 0 amide bonds. The predicted octanol–water partition coefficient (Wildman–Crippen LogP) is 0.0365. The second-order valence-corrected chi connectivity index (χ2v) is 5.99. The number of rotatable bonds is 3. The van der Waals surface area contributed by atoms with Crippen LogP contribution in [0.15, 0.2) is 24.3 Å². The molecule has 1 aromatic rings. The highest BCUT2D eigenvalue weighted by atomic mass is 16.4. The quantitative estimate of drug-likeness (QED) is 0.764. The fourth-order valence-corrected chi connectivity index (χ4v) is 3.53. The maximum absolute atomic E-state index is 9.45. The topological polar surface area (TPSA) is 46.9 Å². The molecule has 2 aliphatic heterocycles. The molecule has 0 aliphatic carbocycles. The highest BCUT2D eigenvalue weighted by Gasteiger charge is 2.29. The molecule has 0 aromatic heterocycles. The minimum absolute atomic E-state index is 0.638. The van der Waals surface area contributed by atoms with Gasteiger partial charge in [-0.1, -0.05) is 30.7 Å². The average molecular weight is 274 g/mol. The summed E-state index contributed by atoms with van der Waals surface area (Å²) >= 11 is 0. The van der Waals surface area contributed by atoms with Gasteiger partial charge < -0.3 is 10.0 Å². The lowest BCUT2D eigenvalue weighted by Crippen LogP contribution is -2.54. The van der Waals surface area contributed by atoms with E-state index in [9.17, 15) is 10.0 Å². The van der Waals surface area contributed by atoms with E-state index in [4.69, 9.17) is 0 Å². The third-order valence-electron chi connectivity index (χ3n) is 4.65. The molecular weight excluding hydrogens is 251 g/mol. The Labute approximate surface area is 121 Å². The van der Waals surface area contributed by atoms with Crippen molar-refractivity contribution in [1.29, 1.82) is 0 Å². The van der Waals surface area contributed by atoms with Gasteiger partial charge in [0.25, 0.3) is 0 Å². The van der Waals surface area contributed by atoms with Gasteiger partial charge in [-0.25, -0.2) is 0 Å². The van der Waals surface area contributed by atoms with Crippen LogP contribution in [0.25, 0.3) is 0 Å². The molecule has 0 bridgehead atoms. The minimum atomic E-state index is -1.37. The van der Waals surface area contributed by atoms with Crippen LogP contribution in [0.3, 0.4) is 0 Å². The van der Waals surface area contributed by atoms with Crippen molar-refractivity contribution in [3.05, 3.63) is 29.8 Å². The van der Waals surface area contributed by atoms with Crippen LogP contribution in [-0.2, 0) is 6.54 Å². The van der Waals surface area contributed by atoms with E-state index in [0.717, 1.165) is 31.7 Å². The lowest BCUT2D eigenvalue weighted by Gasteiger charge is -2.44. The number of piperidine rings is 1. The predicted molar refractivity (Wildman–Crippen MR) is 80.8 cm³/mol. The lowest BCUT2D eigenvalue weighted by atomic mass is 9.77. The molecule has 3 rings (SSSR count). The summed E-state index contributed by atoms with van der Waals surface area (Å²) < 4.78 is 0. The molecule has 1 atom stereocenters. The monoisotopic (exact) mass is 274 g/mol. The second kappa shape index (κ2) is 6.27. The van der Waals surface area contributed by atoms with Crippen LogP contribution >= 0.6 is 0 Å². The lowest BCUT2D eigenvalue weighted by molar-refractivity contribution is 0.0458. The molecule has 2 saturated heterocycles. The Morgan fingerprint density at radius 3 is 2.80 bits per heavy atom. The average Bonchev–Trinajstić information content (AvgIpc) is 2.47. The molecule has 0 saturated carbocycles. The maximum atomic E-state index is 9.45. The molecule has 1 unspecified atom stereocenters. The van der Waals surface area contributed by atoms with E-state index < -0.39 is 7.12 Å². The van der Waals surface area contributed by atoms with E-state index in [-0.39, 0.29) is 0 Å². The molecule has 2 fully saturated rings. The first kappa shape index (κ1) is 14.1. The number of fused-ring (bicyclic) bond motifs is 1. The van der Waals surface area contributed by atoms with Gasteiger partial charge in [-0.05, 0) is 30.4 Å². The molecule has 20 heavy (non-hydrogen) atoms. The SMILES string of the molecule is OB(O)c1ccccc1CN1CCN2CCCCC2C1. The van der Waals surface area contributed by atoms with Crippen LogP contribution in [0.1, 0.15) is 24.8 Å². The number of nitrogens with zero attached hydrogens (tertiary/aromatic N) is 2. The van der Waals surface area contributed by atoms with Crippen molar-refractivity contribution < 1.29 is 10.0 Å². The number of hydrogen-bond acceptors (Lipinski definition) is 4. The van der Waals surface area contributed by atoms with Crippen molar-refractivity contribution in [2.75, 3.05) is 26.2 Å². The normalized spacial score (nSPS) is 24.4. The fourth-order valence-electron chi connectivity index (χ4n) is 3.53. The first-order valence-corrected chi connectivity index (χ1v) is 7.64. The van der Waals surface area contributed by atoms with Gasteiger partial charge >= 0.3 is 7.12 Å². The van der Waals surface area contributed by atoms with Crippen molar-refractivity contribution in [2.24, 2.45) is 0 Å². The van der Waals surface area contributed by atoms with Crippen molar-refractivity contribution in [2.45, 2.75) is 31.8 Å². The maximum Gasteiger partial charge on any atom is 0.488 e. The number of benzene rings is 1. The van der Waals surface area contributed by atoms with Gasteiger partial charge in [-0.2, -0.15) is 0 Å². The largest absolute Gasteiger partial charge is 0.488 e. The third-order valence-corrected chi connectivity index (χ3v) is 4.65. The Balaban J connectivity index is 1.66. The zero-order chi connectivity index (χ0) is 13.9. The van der Waals surface area contributed by atoms with Crippen molar-refractivity contribution in [1.82, 2.24) is 9.80 Å². The molecule has 1 aromatic carbocycles. The van der Waals surface area contributed by atoms with Gasteiger partial charge in [0.1, 0.15) is 0 Å². The molecule has 0 radical (unpaired) electrons. The van der Waals surface area contributed by atoms with Gasteiger partial charge in [-0.3, -0.25) is 9.80 Å². The summed E-state index contributed by atoms with van der Waals surface area (Å²) in [6.07, 6.45) is 4.00. The molecule has 2 heterocycles. The molecular formula is C15H23BN2O2. The number of hydrogen-bond donors (Lipinski definition) is 2. The van der Waals surface area contributed by atoms with Gasteiger partial charge in [0.15, 0.2) is 0 Å². The van der Waals surface area contributed by atoms with E-state index >= 15 is 0 Å². The molecule has 2 aliphatic rings. The molecule has 0 spiro atoms. The summed E-state index contributed by atoms with van der Waals surface area (Å²) in [6, 6.07) is 8.33. The second-order valence-electron chi connectivity index (χ2n) is 5.99. The first-order chi connectivity index (χ1) is 9.74. The fraction of sp³-hybridized carbons (Fsp3) is 0.600. The van der Waals surface area contributed by atoms with E-state index in [1.165, 1.54) is 25.8 Å². The van der Waals surface area contributed by atoms with Crippen LogP contribution < -0.4 is 5.46 Å². The third kappa shape index (κ3) is 3.06. The van der Waals surface area contributed by atoms with Crippen molar-refractivity contribution in [3.8, 4) is 0 Å². The molecule has 4 nitrogen and oxygen atoms in total. The Morgan fingerprint density at radius 1 is 1.10 bits per heavy atom. The summed E-state index contributed by atoms with van der Waals surface area (Å²) in [7, 11) is -1.37. The Hall–Kier alpha value is -0.875. The summed E-state index contributed by atoms with van der Waals surface area (Å²) in [5, 5.41) is 18.9. The van der Waals surface area contributed by atoms with Crippen LogP contribution in [0.2, 0.25) is 0 Å². The van der Waals surface area contributed by atoms with Crippen LogP contribution in [-0.4, -0.2) is 59.2 Å². The number of piperazine rings is 1. The Bertz CT molecular complexity index is 455. The molecule has 2 N–H and O–H groups in total. The van der Waals surface area contributed by atoms with Gasteiger partial charge in [0.2, 0.25) is 0 Å². The Kier molecular flexibility index (Phi) is 4.41. The van der Waals surface area contributed by atoms with Crippen LogP contribution in [0.5, 0.6) is 0 Å². The van der Waals surface area contributed by atoms with Gasteiger partial charge in [0.05, 0.1) is 0 Å². The summed E-state index contributed by atoms with van der Waals surface area (Å²) in [4.78, 5) is 5.07. The van der Waals surface area contributed by atoms with E-state index in [0.29, 0.717) is 11.5 Å². The van der Waals surface area contributed by atoms with Crippen LogP contribution in [0.4, 0.5) is 0 Å². The van der Waals surface area contributed by atoms with Crippen molar-refractivity contribution in [3.63, 3.8) is 0 Å². The Morgan fingerprint density at radius 2 is 1.95 bits per heavy atom. The standard InChI is InChI=1S/C15H23BN2O2/c19-16(20)15-7-2-1-5-13(15)11-17-9-10-18-8-4-3-6-14(18)12-17/h1-2,5,7,14,19-20H,3-4,6,8-12H2. The summed E-state index contributed by atoms with van der Waals surface area (Å²) in [6.45, 7) is 5.40. The molecule has 5 heteroatoms. The van der Waals surface area contributed by atoms with Crippen molar-refractivity contribution >= 4 is 12.6 Å². The zero-order valence-electron chi connectivity index (χ0n) is 11.9. The first-order valence-electron chi connectivity index (χ1n) is 7.64. The van der Waals surface area contributed by atoms with E-state index in [1.807, 2.05) is 18.2 Å². The minimum Gasteiger partial charge on any atom is -0.423 e. The van der Waals surface area contributed by atoms with E-state index in [1.54, 1.807) is 6.07 Å². The molecule has 108 valence electrons. The van der Waals surface area contributed by atoms with E-state index in [2.05, 4.69) is 9.80 Å². The summed E-state index contributed by atoms with van der Waals surface area (Å²) in [5.74, 6) is 0. The van der Waals surface area contributed by atoms with Gasteiger partial charge in [-0.15, -0.1) is 0 Å². The van der Waals surface area contributed by atoms with Gasteiger partial charge in [0, 0.05) is 32.2 Å². The van der Waals surface area contributed by atoms with Crippen LogP contribution in [0, 0.1) is 0 Å². The summed E-state index contributed by atoms with van der Waals surface area (Å²) in [5.41, 5.74) is 1.67. The highest BCUT2D eigenvalue weighted by molar-refractivity contribution is 6.59. The smallest absolute Gasteiger partial charge is 0.423 e. The highest BCUT2D eigenvalue weighted by Crippen LogP contribution is 2.21.